The SMILES string of the molecule is CC(F)(F)c1ccc(C(c2ccccc2)C(C)(C)C)cc1.CNc1nc(CCc2ccccc2)cs1. The maximum Gasteiger partial charge on any atom is 0.270 e. The molecule has 0 bridgehead atoms. The first kappa shape index (κ1) is 27.5. The predicted octanol–water partition coefficient (Wildman–Crippen LogP) is 8.95. The minimum Gasteiger partial charge on any atom is -0.365 e. The molecule has 0 amide bonds. The smallest absolute Gasteiger partial charge is 0.270 e. The highest BCUT2D eigenvalue weighted by Crippen LogP contribution is 2.41. The second kappa shape index (κ2) is 12.3. The minimum atomic E-state index is -2.79. The number of aryl methyl sites for hydroxylation is 2. The largest absolute Gasteiger partial charge is 0.365 e. The van der Waals surface area contributed by atoms with E-state index in [0.717, 1.165) is 30.5 Å². The number of rotatable bonds is 7. The number of benzene rings is 3. The van der Waals surface area contributed by atoms with E-state index in [0.29, 0.717) is 0 Å². The number of aromatic nitrogens is 1. The third-order valence-corrected chi connectivity index (χ3v) is 6.94. The van der Waals surface area contributed by atoms with Crippen LogP contribution in [0, 0.1) is 5.41 Å². The highest BCUT2D eigenvalue weighted by atomic mass is 32.1. The van der Waals surface area contributed by atoms with Crippen molar-refractivity contribution in [1.29, 1.82) is 0 Å². The summed E-state index contributed by atoms with van der Waals surface area (Å²) in [6, 6.07) is 27.5. The number of nitrogens with one attached hydrogen (secondary N) is 1. The van der Waals surface area contributed by atoms with Crippen LogP contribution in [-0.4, -0.2) is 12.0 Å². The van der Waals surface area contributed by atoms with Crippen molar-refractivity contribution >= 4 is 16.5 Å². The van der Waals surface area contributed by atoms with E-state index in [4.69, 9.17) is 0 Å². The summed E-state index contributed by atoms with van der Waals surface area (Å²) >= 11 is 1.66. The monoisotopic (exact) mass is 506 g/mol. The first-order valence-corrected chi connectivity index (χ1v) is 13.1. The Kier molecular flexibility index (Phi) is 9.38. The number of hydrogen-bond donors (Lipinski definition) is 1. The second-order valence-electron chi connectivity index (χ2n) is 10.1. The number of thiazole rings is 1. The first-order chi connectivity index (χ1) is 17.1. The van der Waals surface area contributed by atoms with E-state index in [-0.39, 0.29) is 16.9 Å². The van der Waals surface area contributed by atoms with Crippen molar-refractivity contribution in [2.75, 3.05) is 12.4 Å². The average Bonchev–Trinajstić information content (AvgIpc) is 3.32. The summed E-state index contributed by atoms with van der Waals surface area (Å²) in [5.41, 5.74) is 4.90. The molecule has 0 spiro atoms. The van der Waals surface area contributed by atoms with Crippen molar-refractivity contribution in [3.05, 3.63) is 118 Å². The van der Waals surface area contributed by atoms with Crippen molar-refractivity contribution < 1.29 is 8.78 Å². The molecule has 2 nitrogen and oxygen atoms in total. The molecular formula is C31H36F2N2S. The van der Waals surface area contributed by atoms with Gasteiger partial charge in [-0.2, -0.15) is 0 Å². The molecular weight excluding hydrogens is 470 g/mol. The average molecular weight is 507 g/mol. The molecule has 0 saturated heterocycles. The Labute approximate surface area is 218 Å². The molecule has 1 N–H and O–H groups in total. The Hall–Kier alpha value is -3.05. The van der Waals surface area contributed by atoms with E-state index in [1.165, 1.54) is 29.0 Å². The molecule has 3 aromatic carbocycles. The lowest BCUT2D eigenvalue weighted by molar-refractivity contribution is 0.0174. The van der Waals surface area contributed by atoms with Gasteiger partial charge in [-0.25, -0.2) is 13.8 Å². The van der Waals surface area contributed by atoms with Crippen LogP contribution in [-0.2, 0) is 18.8 Å². The maximum atomic E-state index is 13.3. The highest BCUT2D eigenvalue weighted by molar-refractivity contribution is 7.13. The molecule has 4 aromatic rings. The molecule has 0 aliphatic heterocycles. The molecule has 5 heteroatoms. The fraction of sp³-hybridized carbons (Fsp3) is 0.323. The zero-order valence-electron chi connectivity index (χ0n) is 21.8. The summed E-state index contributed by atoms with van der Waals surface area (Å²) in [7, 11) is 1.90. The fourth-order valence-corrected chi connectivity index (χ4v) is 4.97. The topological polar surface area (TPSA) is 24.9 Å². The van der Waals surface area contributed by atoms with Gasteiger partial charge in [0.1, 0.15) is 0 Å². The van der Waals surface area contributed by atoms with Gasteiger partial charge in [0, 0.05) is 30.8 Å². The van der Waals surface area contributed by atoms with Gasteiger partial charge in [-0.15, -0.1) is 11.3 Å². The number of nitrogens with zero attached hydrogens (tertiary/aromatic N) is 1. The van der Waals surface area contributed by atoms with Gasteiger partial charge >= 0.3 is 0 Å². The maximum absolute atomic E-state index is 13.3. The number of alkyl halides is 2. The van der Waals surface area contributed by atoms with Gasteiger partial charge in [-0.3, -0.25) is 0 Å². The highest BCUT2D eigenvalue weighted by Gasteiger charge is 2.29. The van der Waals surface area contributed by atoms with Crippen LogP contribution in [0.4, 0.5) is 13.9 Å². The van der Waals surface area contributed by atoms with Crippen LogP contribution in [0.1, 0.15) is 61.6 Å². The van der Waals surface area contributed by atoms with Crippen LogP contribution < -0.4 is 5.32 Å². The van der Waals surface area contributed by atoms with E-state index in [9.17, 15) is 8.78 Å². The molecule has 4 rings (SSSR count). The van der Waals surface area contributed by atoms with Crippen molar-refractivity contribution in [3.8, 4) is 0 Å². The molecule has 190 valence electrons. The molecule has 0 saturated carbocycles. The Morgan fingerprint density at radius 3 is 1.83 bits per heavy atom. The van der Waals surface area contributed by atoms with Crippen molar-refractivity contribution in [2.24, 2.45) is 5.41 Å². The van der Waals surface area contributed by atoms with Crippen LogP contribution in [0.2, 0.25) is 0 Å². The van der Waals surface area contributed by atoms with Crippen LogP contribution in [0.25, 0.3) is 0 Å². The molecule has 1 atom stereocenters. The van der Waals surface area contributed by atoms with E-state index >= 15 is 0 Å². The third kappa shape index (κ3) is 7.99. The van der Waals surface area contributed by atoms with Crippen LogP contribution in [0.3, 0.4) is 0 Å². The summed E-state index contributed by atoms with van der Waals surface area (Å²) in [5, 5.41) is 6.17. The van der Waals surface area contributed by atoms with Gasteiger partial charge in [0.25, 0.3) is 5.92 Å². The summed E-state index contributed by atoms with van der Waals surface area (Å²) in [6.45, 7) is 7.45. The van der Waals surface area contributed by atoms with Gasteiger partial charge in [0.05, 0.1) is 5.69 Å². The molecule has 1 aromatic heterocycles. The van der Waals surface area contributed by atoms with Crippen molar-refractivity contribution in [2.45, 2.75) is 52.4 Å². The van der Waals surface area contributed by atoms with Crippen LogP contribution in [0.15, 0.2) is 90.3 Å². The van der Waals surface area contributed by atoms with Crippen LogP contribution >= 0.6 is 11.3 Å². The summed E-state index contributed by atoms with van der Waals surface area (Å²) < 4.78 is 26.7. The molecule has 36 heavy (non-hydrogen) atoms. The van der Waals surface area contributed by atoms with Gasteiger partial charge in [0.15, 0.2) is 5.13 Å². The van der Waals surface area contributed by atoms with Crippen molar-refractivity contribution in [1.82, 2.24) is 4.98 Å². The molecule has 1 heterocycles. The first-order valence-electron chi connectivity index (χ1n) is 12.3. The summed E-state index contributed by atoms with van der Waals surface area (Å²) in [6.07, 6.45) is 2.08. The van der Waals surface area contributed by atoms with Gasteiger partial charge in [0.2, 0.25) is 0 Å². The zero-order chi connectivity index (χ0) is 26.2. The lowest BCUT2D eigenvalue weighted by atomic mass is 9.72. The summed E-state index contributed by atoms with van der Waals surface area (Å²) in [5.74, 6) is -2.61. The molecule has 0 aliphatic carbocycles. The minimum absolute atomic E-state index is 0.0115. The van der Waals surface area contributed by atoms with E-state index in [1.807, 2.05) is 43.4 Å². The Balaban J connectivity index is 0.000000212. The molecule has 0 radical (unpaired) electrons. The number of hydrogen-bond acceptors (Lipinski definition) is 3. The molecule has 1 unspecified atom stereocenters. The zero-order valence-corrected chi connectivity index (χ0v) is 22.6. The number of halogens is 2. The lowest BCUT2D eigenvalue weighted by Crippen LogP contribution is -2.20. The second-order valence-corrected chi connectivity index (χ2v) is 11.0. The van der Waals surface area contributed by atoms with Crippen LogP contribution in [0.5, 0.6) is 0 Å². The molecule has 0 aliphatic rings. The number of anilines is 1. The predicted molar refractivity (Wildman–Crippen MR) is 149 cm³/mol. The van der Waals surface area contributed by atoms with Gasteiger partial charge < -0.3 is 5.32 Å². The van der Waals surface area contributed by atoms with E-state index < -0.39 is 5.92 Å². The van der Waals surface area contributed by atoms with Gasteiger partial charge in [-0.05, 0) is 34.9 Å². The standard InChI is InChI=1S/C19H22F2.C12H14N2S/c1-18(2,3)17(14-8-6-5-7-9-14)15-10-12-16(13-11-15)19(4,20)21;1-13-12-14-11(9-15-12)8-7-10-5-3-2-4-6-10/h5-13,17H,1-4H3;2-6,9H,7-8H2,1H3,(H,13,14). The lowest BCUT2D eigenvalue weighted by Gasteiger charge is -2.32. The van der Waals surface area contributed by atoms with Crippen molar-refractivity contribution in [3.63, 3.8) is 0 Å². The Bertz CT molecular complexity index is 1180. The third-order valence-electron chi connectivity index (χ3n) is 6.03. The summed E-state index contributed by atoms with van der Waals surface area (Å²) in [4.78, 5) is 4.45. The Morgan fingerprint density at radius 2 is 1.33 bits per heavy atom. The van der Waals surface area contributed by atoms with Gasteiger partial charge in [-0.1, -0.05) is 106 Å². The van der Waals surface area contributed by atoms with E-state index in [2.05, 4.69) is 72.9 Å². The normalized spacial score (nSPS) is 12.4. The Morgan fingerprint density at radius 1 is 0.778 bits per heavy atom. The fourth-order valence-electron chi connectivity index (χ4n) is 4.26. The quantitative estimate of drug-likeness (QED) is 0.271. The van der Waals surface area contributed by atoms with E-state index in [1.54, 1.807) is 11.3 Å². The molecule has 0 fully saturated rings.